The number of rotatable bonds is 8. The van der Waals surface area contributed by atoms with Crippen LogP contribution in [-0.4, -0.2) is 81.6 Å². The molecule has 0 radical (unpaired) electrons. The van der Waals surface area contributed by atoms with Crippen molar-refractivity contribution in [2.24, 2.45) is 23.7 Å². The third kappa shape index (κ3) is 7.07. The number of carbonyl (C=O) groups is 6. The van der Waals surface area contributed by atoms with Crippen LogP contribution in [0.1, 0.15) is 112 Å². The molecule has 0 spiro atoms. The summed E-state index contributed by atoms with van der Waals surface area (Å²) in [7, 11) is 0. The van der Waals surface area contributed by atoms with Gasteiger partial charge in [-0.2, -0.15) is 0 Å². The normalized spacial score (nSPS) is 20.3. The molecule has 2 aromatic carbocycles. The molecular formula is C44H47NaO16. The SMILES string of the molecule is Cc1c(O)c(C(=O)C(C)C)c(O)c2c1Oc1c(C)c(O)c(C(=O)C(C)C)c(O)c1C1=C(OC3=C2C(O)=C(C(=O)C(C)C)C(=O)[C@]3(C)[O-])[C@@](C)(O)C(=O)C(C(=O)C(C)C)=C1O.[Na+]. The zero-order valence-corrected chi connectivity index (χ0v) is 38.1. The second kappa shape index (κ2) is 16.2. The number of ketones is 6. The Labute approximate surface area is 372 Å². The summed E-state index contributed by atoms with van der Waals surface area (Å²) in [6.07, 6.45) is 0. The molecule has 0 aromatic heterocycles. The predicted molar refractivity (Wildman–Crippen MR) is 210 cm³/mol. The van der Waals surface area contributed by atoms with Gasteiger partial charge < -0.3 is 50.3 Å². The summed E-state index contributed by atoms with van der Waals surface area (Å²) >= 11 is 0. The minimum absolute atomic E-state index is 0. The van der Waals surface area contributed by atoms with E-state index in [0.29, 0.717) is 6.92 Å². The summed E-state index contributed by atoms with van der Waals surface area (Å²) < 4.78 is 12.5. The first kappa shape index (κ1) is 48.4. The van der Waals surface area contributed by atoms with E-state index in [1.54, 1.807) is 0 Å². The Morgan fingerprint density at radius 2 is 0.869 bits per heavy atom. The molecule has 0 saturated carbocycles. The molecule has 3 aliphatic rings. The molecule has 7 N–H and O–H groups in total. The number of phenols is 4. The maximum atomic E-state index is 15.0. The Bertz CT molecular complexity index is 2350. The number of allylic oxidation sites excluding steroid dienone is 2. The van der Waals surface area contributed by atoms with Crippen LogP contribution in [0.2, 0.25) is 0 Å². The van der Waals surface area contributed by atoms with Crippen molar-refractivity contribution in [2.75, 3.05) is 0 Å². The van der Waals surface area contributed by atoms with Crippen LogP contribution in [0.25, 0.3) is 11.1 Å². The molecule has 0 saturated heterocycles. The molecule has 0 unspecified atom stereocenters. The van der Waals surface area contributed by atoms with E-state index in [-0.39, 0.29) is 29.6 Å². The van der Waals surface area contributed by atoms with Crippen molar-refractivity contribution in [1.82, 2.24) is 0 Å². The second-order valence-corrected chi connectivity index (χ2v) is 16.7. The Hall–Kier alpha value is -5.26. The molecule has 1 aliphatic heterocycles. The number of carbonyl (C=O) groups excluding carboxylic acids is 6. The number of aliphatic hydroxyl groups is 3. The van der Waals surface area contributed by atoms with E-state index < -0.39 is 183 Å². The first-order chi connectivity index (χ1) is 27.5. The molecule has 0 fully saturated rings. The van der Waals surface area contributed by atoms with Crippen molar-refractivity contribution < 1.29 is 109 Å². The van der Waals surface area contributed by atoms with Gasteiger partial charge in [-0.1, -0.05) is 62.3 Å². The number of aliphatic hydroxyl groups excluding tert-OH is 2. The van der Waals surface area contributed by atoms with Crippen molar-refractivity contribution in [3.8, 4) is 34.5 Å². The van der Waals surface area contributed by atoms with Gasteiger partial charge in [0.25, 0.3) is 0 Å². The van der Waals surface area contributed by atoms with Crippen molar-refractivity contribution in [1.29, 1.82) is 0 Å². The zero-order chi connectivity index (χ0) is 45.7. The number of aromatic hydroxyl groups is 4. The van der Waals surface area contributed by atoms with E-state index >= 15 is 0 Å². The van der Waals surface area contributed by atoms with E-state index in [0.717, 1.165) is 6.92 Å². The van der Waals surface area contributed by atoms with Gasteiger partial charge in [0.05, 0.1) is 22.3 Å². The summed E-state index contributed by atoms with van der Waals surface area (Å²) in [6.45, 7) is 15.0. The van der Waals surface area contributed by atoms with Crippen LogP contribution in [0.4, 0.5) is 0 Å². The molecule has 16 nitrogen and oxygen atoms in total. The van der Waals surface area contributed by atoms with Crippen LogP contribution in [0.3, 0.4) is 0 Å². The van der Waals surface area contributed by atoms with Gasteiger partial charge in [0.1, 0.15) is 74.0 Å². The quantitative estimate of drug-likeness (QED) is 0.114. The van der Waals surface area contributed by atoms with Crippen molar-refractivity contribution in [3.05, 3.63) is 67.6 Å². The minimum Gasteiger partial charge on any atom is -0.838 e. The fraction of sp³-hybridized carbons (Fsp3) is 0.409. The van der Waals surface area contributed by atoms with Crippen LogP contribution in [-0.2, 0) is 23.9 Å². The molecule has 1 heterocycles. The van der Waals surface area contributed by atoms with Crippen LogP contribution < -0.4 is 39.4 Å². The predicted octanol–water partition coefficient (Wildman–Crippen LogP) is 2.16. The average Bonchev–Trinajstić information content (AvgIpc) is 3.15. The topological polar surface area (TPSA) is 286 Å². The number of hydrogen-bond donors (Lipinski definition) is 7. The number of benzene rings is 2. The molecule has 0 amide bonds. The minimum atomic E-state index is -3.36. The average molecular weight is 855 g/mol. The van der Waals surface area contributed by atoms with E-state index in [9.17, 15) is 69.6 Å². The molecule has 2 atom stereocenters. The van der Waals surface area contributed by atoms with Gasteiger partial charge >= 0.3 is 29.6 Å². The molecule has 2 aliphatic carbocycles. The third-order valence-electron chi connectivity index (χ3n) is 10.9. The Balaban J connectivity index is 0.00000819. The van der Waals surface area contributed by atoms with Crippen molar-refractivity contribution >= 4 is 45.8 Å². The summed E-state index contributed by atoms with van der Waals surface area (Å²) in [4.78, 5) is 83.1. The van der Waals surface area contributed by atoms with Gasteiger partial charge in [0, 0.05) is 40.4 Å². The van der Waals surface area contributed by atoms with Crippen LogP contribution in [0.5, 0.6) is 34.5 Å². The number of Topliss-reactive ketones (excluding diaryl/α,β-unsaturated/α-hetero) is 6. The molecule has 0 bridgehead atoms. The molecule has 320 valence electrons. The fourth-order valence-electron chi connectivity index (χ4n) is 7.27. The van der Waals surface area contributed by atoms with E-state index in [1.807, 2.05) is 0 Å². The van der Waals surface area contributed by atoms with Gasteiger partial charge in [-0.05, 0) is 20.8 Å². The van der Waals surface area contributed by atoms with Crippen LogP contribution >= 0.6 is 0 Å². The maximum Gasteiger partial charge on any atom is 1.00 e. The van der Waals surface area contributed by atoms with E-state index in [2.05, 4.69) is 0 Å². The number of phenolic OH excluding ortho intramolecular Hbond substituents is 4. The largest absolute Gasteiger partial charge is 1.00 e. The van der Waals surface area contributed by atoms with E-state index in [4.69, 9.17) is 9.47 Å². The third-order valence-corrected chi connectivity index (χ3v) is 10.9. The van der Waals surface area contributed by atoms with Crippen LogP contribution in [0, 0.1) is 37.5 Å². The Kier molecular flexibility index (Phi) is 12.9. The number of hydrogen-bond acceptors (Lipinski definition) is 16. The van der Waals surface area contributed by atoms with E-state index in [1.165, 1.54) is 69.2 Å². The van der Waals surface area contributed by atoms with Crippen molar-refractivity contribution in [3.63, 3.8) is 0 Å². The fourth-order valence-corrected chi connectivity index (χ4v) is 7.27. The van der Waals surface area contributed by atoms with Gasteiger partial charge in [0.15, 0.2) is 40.3 Å². The summed E-state index contributed by atoms with van der Waals surface area (Å²) in [5, 5.41) is 98.9. The second-order valence-electron chi connectivity index (χ2n) is 16.7. The maximum absolute atomic E-state index is 15.0. The molecule has 5 rings (SSSR count). The van der Waals surface area contributed by atoms with Crippen molar-refractivity contribution in [2.45, 2.75) is 94.3 Å². The number of ether oxygens (including phenoxy) is 2. The zero-order valence-electron chi connectivity index (χ0n) is 36.1. The smallest absolute Gasteiger partial charge is 0.838 e. The van der Waals surface area contributed by atoms with Gasteiger partial charge in [0.2, 0.25) is 5.78 Å². The Morgan fingerprint density at radius 3 is 1.21 bits per heavy atom. The first-order valence-corrected chi connectivity index (χ1v) is 19.1. The van der Waals surface area contributed by atoms with Gasteiger partial charge in [-0.25, -0.2) is 0 Å². The molecule has 17 heteroatoms. The van der Waals surface area contributed by atoms with Crippen LogP contribution in [0.15, 0.2) is 34.2 Å². The van der Waals surface area contributed by atoms with Gasteiger partial charge in [-0.3, -0.25) is 28.8 Å². The summed E-state index contributed by atoms with van der Waals surface area (Å²) in [5.41, 5.74) is -14.7. The Morgan fingerprint density at radius 1 is 0.541 bits per heavy atom. The standard InChI is InChI=1S/C44H47O16.Na/c1-13(2)27(45)23-31(49)17(9)37-19(33(23)51)21-35(53)25(29(47)15(5)6)39(55)43(11,57)41(21)60-42-22(36(54)26(30(48)16(7)8)40(56)44(42,12)58)20-34(52)24(28(46)14(3)4)32(50)18(10)38(20)59-37;/h13-16,49-54,57H,1-12H3;/q-1;+1/t43-,44-;/m0./s1. The number of fused-ring (bicyclic) bond motifs is 4. The molecule has 61 heavy (non-hydrogen) atoms. The monoisotopic (exact) mass is 854 g/mol. The summed E-state index contributed by atoms with van der Waals surface area (Å²) in [5.74, 6) is -21.6. The molecular weight excluding hydrogens is 807 g/mol. The van der Waals surface area contributed by atoms with Gasteiger partial charge in [-0.15, -0.1) is 0 Å². The first-order valence-electron chi connectivity index (χ1n) is 19.1. The molecule has 2 aromatic rings. The summed E-state index contributed by atoms with van der Waals surface area (Å²) in [6, 6.07) is 0.